The van der Waals surface area contributed by atoms with E-state index in [-0.39, 0.29) is 0 Å². The molecule has 0 aliphatic heterocycles. The minimum absolute atomic E-state index is 0.475. The molecule has 114 valence electrons. The molecule has 2 rings (SSSR count). The number of carboxylic acid groups (broad SMARTS) is 1. The summed E-state index contributed by atoms with van der Waals surface area (Å²) in [4.78, 5) is 15.7. The molecular formula is C15H20N2O3S. The Kier molecular flexibility index (Phi) is 5.52. The number of unbranched alkanes of at least 4 members (excludes halogenated alkanes) is 1. The summed E-state index contributed by atoms with van der Waals surface area (Å²) in [5, 5.41) is 13.2. The average molecular weight is 308 g/mol. The minimum atomic E-state index is -0.800. The maximum absolute atomic E-state index is 11.2. The second-order valence-electron chi connectivity index (χ2n) is 4.86. The average Bonchev–Trinajstić information content (AvgIpc) is 2.88. The van der Waals surface area contributed by atoms with E-state index in [9.17, 15) is 9.90 Å². The third-order valence-electron chi connectivity index (χ3n) is 3.28. The Morgan fingerprint density at radius 2 is 2.33 bits per heavy atom. The van der Waals surface area contributed by atoms with Crippen LogP contribution in [0.3, 0.4) is 0 Å². The number of benzene rings is 1. The van der Waals surface area contributed by atoms with E-state index >= 15 is 0 Å². The third-order valence-corrected chi connectivity index (χ3v) is 4.30. The van der Waals surface area contributed by atoms with Gasteiger partial charge in [0.2, 0.25) is 0 Å². The van der Waals surface area contributed by atoms with Gasteiger partial charge < -0.3 is 9.84 Å². The lowest BCUT2D eigenvalue weighted by Crippen LogP contribution is -2.36. The van der Waals surface area contributed by atoms with E-state index in [4.69, 9.17) is 4.74 Å². The zero-order chi connectivity index (χ0) is 15.2. The first-order chi connectivity index (χ1) is 10.1. The van der Waals surface area contributed by atoms with Crippen LogP contribution in [0.25, 0.3) is 10.2 Å². The standard InChI is InChI=1S/C15H20N2O3S/c1-3-4-5-12(15(18)19)16-9-14-17-11-7-6-10(20-2)8-13(11)21-14/h6-8,12,16H,3-5,9H2,1-2H3,(H,18,19). The Labute approximate surface area is 128 Å². The van der Waals surface area contributed by atoms with Crippen LogP contribution in [0.15, 0.2) is 18.2 Å². The minimum Gasteiger partial charge on any atom is -0.497 e. The van der Waals surface area contributed by atoms with E-state index in [2.05, 4.69) is 17.2 Å². The van der Waals surface area contributed by atoms with Gasteiger partial charge in [0.1, 0.15) is 16.8 Å². The number of ether oxygens (including phenoxy) is 1. The van der Waals surface area contributed by atoms with Crippen LogP contribution in [0.4, 0.5) is 0 Å². The van der Waals surface area contributed by atoms with Crippen molar-refractivity contribution in [1.29, 1.82) is 0 Å². The molecule has 1 unspecified atom stereocenters. The molecule has 1 heterocycles. The van der Waals surface area contributed by atoms with Gasteiger partial charge in [0.15, 0.2) is 0 Å². The van der Waals surface area contributed by atoms with E-state index in [0.29, 0.717) is 13.0 Å². The van der Waals surface area contributed by atoms with Gasteiger partial charge in [0.25, 0.3) is 0 Å². The molecule has 2 aromatic rings. The van der Waals surface area contributed by atoms with Crippen LogP contribution < -0.4 is 10.1 Å². The Bertz CT molecular complexity index is 612. The molecule has 2 N–H and O–H groups in total. The van der Waals surface area contributed by atoms with Crippen molar-refractivity contribution in [3.63, 3.8) is 0 Å². The van der Waals surface area contributed by atoms with Crippen LogP contribution in [-0.2, 0) is 11.3 Å². The number of fused-ring (bicyclic) bond motifs is 1. The fourth-order valence-electron chi connectivity index (χ4n) is 2.09. The molecule has 6 heteroatoms. The van der Waals surface area contributed by atoms with Crippen LogP contribution in [-0.4, -0.2) is 29.2 Å². The molecule has 0 aliphatic carbocycles. The second-order valence-corrected chi connectivity index (χ2v) is 5.97. The molecule has 0 amide bonds. The summed E-state index contributed by atoms with van der Waals surface area (Å²) >= 11 is 1.56. The smallest absolute Gasteiger partial charge is 0.320 e. The lowest BCUT2D eigenvalue weighted by Gasteiger charge is -2.12. The normalized spacial score (nSPS) is 12.5. The van der Waals surface area contributed by atoms with Crippen molar-refractivity contribution in [1.82, 2.24) is 10.3 Å². The lowest BCUT2D eigenvalue weighted by atomic mass is 10.1. The molecule has 0 aliphatic rings. The fraction of sp³-hybridized carbons (Fsp3) is 0.467. The summed E-state index contributed by atoms with van der Waals surface area (Å²) in [7, 11) is 1.63. The Morgan fingerprint density at radius 1 is 1.52 bits per heavy atom. The van der Waals surface area contributed by atoms with E-state index in [1.165, 1.54) is 0 Å². The van der Waals surface area contributed by atoms with Crippen molar-refractivity contribution >= 4 is 27.5 Å². The molecule has 0 spiro atoms. The number of nitrogens with one attached hydrogen (secondary N) is 1. The lowest BCUT2D eigenvalue weighted by molar-refractivity contribution is -0.139. The fourth-order valence-corrected chi connectivity index (χ4v) is 3.03. The van der Waals surface area contributed by atoms with Crippen molar-refractivity contribution in [3.8, 4) is 5.75 Å². The van der Waals surface area contributed by atoms with Crippen LogP contribution in [0, 0.1) is 0 Å². The molecule has 0 fully saturated rings. The Morgan fingerprint density at radius 3 is 3.00 bits per heavy atom. The highest BCUT2D eigenvalue weighted by Gasteiger charge is 2.16. The number of carboxylic acids is 1. The van der Waals surface area contributed by atoms with E-state index < -0.39 is 12.0 Å². The molecule has 1 aromatic carbocycles. The number of rotatable bonds is 8. The number of aromatic nitrogens is 1. The predicted molar refractivity (Wildman–Crippen MR) is 84.0 cm³/mol. The van der Waals surface area contributed by atoms with E-state index in [1.54, 1.807) is 18.4 Å². The van der Waals surface area contributed by atoms with Gasteiger partial charge in [-0.05, 0) is 24.6 Å². The number of methoxy groups -OCH3 is 1. The Hall–Kier alpha value is -1.66. The largest absolute Gasteiger partial charge is 0.497 e. The van der Waals surface area contributed by atoms with Gasteiger partial charge in [-0.15, -0.1) is 11.3 Å². The molecule has 21 heavy (non-hydrogen) atoms. The maximum atomic E-state index is 11.2. The summed E-state index contributed by atoms with van der Waals surface area (Å²) in [6.07, 6.45) is 2.54. The molecule has 1 atom stereocenters. The zero-order valence-electron chi connectivity index (χ0n) is 12.3. The van der Waals surface area contributed by atoms with E-state index in [0.717, 1.165) is 33.8 Å². The summed E-state index contributed by atoms with van der Waals surface area (Å²) < 4.78 is 6.24. The molecule has 0 saturated carbocycles. The first kappa shape index (κ1) is 15.7. The second kappa shape index (κ2) is 7.38. The summed E-state index contributed by atoms with van der Waals surface area (Å²) in [6.45, 7) is 2.53. The number of hydrogen-bond donors (Lipinski definition) is 2. The van der Waals surface area contributed by atoms with Gasteiger partial charge in [-0.1, -0.05) is 19.8 Å². The highest BCUT2D eigenvalue weighted by Crippen LogP contribution is 2.26. The van der Waals surface area contributed by atoms with Crippen LogP contribution in [0.2, 0.25) is 0 Å². The molecule has 5 nitrogen and oxygen atoms in total. The SMILES string of the molecule is CCCCC(NCc1nc2ccc(OC)cc2s1)C(=O)O. The molecule has 0 bridgehead atoms. The molecular weight excluding hydrogens is 288 g/mol. The van der Waals surface area contributed by atoms with Gasteiger partial charge in [-0.25, -0.2) is 4.98 Å². The molecule has 0 radical (unpaired) electrons. The maximum Gasteiger partial charge on any atom is 0.320 e. The van der Waals surface area contributed by atoms with Crippen molar-refractivity contribution in [2.24, 2.45) is 0 Å². The first-order valence-electron chi connectivity index (χ1n) is 7.03. The number of aliphatic carboxylic acids is 1. The van der Waals surface area contributed by atoms with Gasteiger partial charge in [0.05, 0.1) is 17.3 Å². The monoisotopic (exact) mass is 308 g/mol. The van der Waals surface area contributed by atoms with Crippen LogP contribution in [0.5, 0.6) is 5.75 Å². The van der Waals surface area contributed by atoms with Gasteiger partial charge in [-0.3, -0.25) is 10.1 Å². The molecule has 1 aromatic heterocycles. The number of nitrogens with zero attached hydrogens (tertiary/aromatic N) is 1. The summed E-state index contributed by atoms with van der Waals surface area (Å²) in [6, 6.07) is 5.23. The van der Waals surface area contributed by atoms with Gasteiger partial charge in [0, 0.05) is 6.54 Å². The highest BCUT2D eigenvalue weighted by molar-refractivity contribution is 7.18. The summed E-state index contributed by atoms with van der Waals surface area (Å²) in [5.41, 5.74) is 0.915. The Balaban J connectivity index is 2.03. The zero-order valence-corrected chi connectivity index (χ0v) is 13.1. The van der Waals surface area contributed by atoms with Crippen LogP contribution in [0.1, 0.15) is 31.2 Å². The van der Waals surface area contributed by atoms with Crippen molar-refractivity contribution in [3.05, 3.63) is 23.2 Å². The molecule has 0 saturated heterocycles. The number of thiazole rings is 1. The predicted octanol–water partition coefficient (Wildman–Crippen LogP) is 3.04. The van der Waals surface area contributed by atoms with Crippen LogP contribution >= 0.6 is 11.3 Å². The van der Waals surface area contributed by atoms with Crippen molar-refractivity contribution in [2.75, 3.05) is 7.11 Å². The quantitative estimate of drug-likeness (QED) is 0.784. The van der Waals surface area contributed by atoms with E-state index in [1.807, 2.05) is 18.2 Å². The summed E-state index contributed by atoms with van der Waals surface area (Å²) in [5.74, 6) is 0.00301. The van der Waals surface area contributed by atoms with Crippen molar-refractivity contribution < 1.29 is 14.6 Å². The number of carbonyl (C=O) groups is 1. The topological polar surface area (TPSA) is 71.5 Å². The van der Waals surface area contributed by atoms with Gasteiger partial charge >= 0.3 is 5.97 Å². The first-order valence-corrected chi connectivity index (χ1v) is 7.85. The van der Waals surface area contributed by atoms with Crippen molar-refractivity contribution in [2.45, 2.75) is 38.8 Å². The number of hydrogen-bond acceptors (Lipinski definition) is 5. The van der Waals surface area contributed by atoms with Gasteiger partial charge in [-0.2, -0.15) is 0 Å². The third kappa shape index (κ3) is 4.15. The highest BCUT2D eigenvalue weighted by atomic mass is 32.1.